The van der Waals surface area contributed by atoms with Gasteiger partial charge in [0.2, 0.25) is 17.7 Å². The molecule has 1 fully saturated rings. The molecule has 0 unspecified atom stereocenters. The van der Waals surface area contributed by atoms with E-state index in [-0.39, 0.29) is 30.2 Å². The first kappa shape index (κ1) is 21.7. The van der Waals surface area contributed by atoms with Crippen LogP contribution < -0.4 is 15.0 Å². The Labute approximate surface area is 167 Å². The maximum Gasteiger partial charge on any atom is 0.247 e. The predicted molar refractivity (Wildman–Crippen MR) is 108 cm³/mol. The number of carbonyl (C=O) groups excluding carboxylic acids is 3. The molecule has 1 N–H and O–H groups in total. The van der Waals surface area contributed by atoms with Gasteiger partial charge in [-0.05, 0) is 50.5 Å². The molecule has 0 radical (unpaired) electrons. The molecular weight excluding hydrogens is 358 g/mol. The van der Waals surface area contributed by atoms with E-state index in [4.69, 9.17) is 4.74 Å². The average Bonchev–Trinajstić information content (AvgIpc) is 2.59. The Balaban J connectivity index is 2.22. The second kappa shape index (κ2) is 8.63. The van der Waals surface area contributed by atoms with Crippen molar-refractivity contribution in [1.82, 2.24) is 10.2 Å². The Morgan fingerprint density at radius 1 is 1.21 bits per heavy atom. The zero-order valence-electron chi connectivity index (χ0n) is 17.6. The molecule has 2 rings (SSSR count). The molecule has 0 spiro atoms. The standard InChI is InChI=1S/C21H31N3O4/c1-14(2)11-18(22-15(3)25)20(27)23-12-19(26)24(21(4,5)13-23)16-7-9-17(28-6)10-8-16/h7-10,14,18H,11-13H2,1-6H3,(H,22,25)/t18-/m0/s1. The van der Waals surface area contributed by atoms with Crippen LogP contribution in [0.5, 0.6) is 5.75 Å². The number of rotatable bonds is 6. The number of anilines is 1. The summed E-state index contributed by atoms with van der Waals surface area (Å²) < 4.78 is 5.18. The topological polar surface area (TPSA) is 79.0 Å². The van der Waals surface area contributed by atoms with E-state index in [2.05, 4.69) is 5.32 Å². The molecule has 7 heteroatoms. The van der Waals surface area contributed by atoms with Gasteiger partial charge in [-0.15, -0.1) is 0 Å². The zero-order chi connectivity index (χ0) is 21.1. The van der Waals surface area contributed by atoms with Crippen LogP contribution in [0, 0.1) is 5.92 Å². The maximum absolute atomic E-state index is 13.1. The SMILES string of the molecule is COc1ccc(N2C(=O)CN(C(=O)[C@H](CC(C)C)NC(C)=O)CC2(C)C)cc1. The summed E-state index contributed by atoms with van der Waals surface area (Å²) in [7, 11) is 1.59. The minimum atomic E-state index is -0.617. The van der Waals surface area contributed by atoms with E-state index in [1.165, 1.54) is 6.92 Å². The fourth-order valence-corrected chi connectivity index (χ4v) is 3.70. The van der Waals surface area contributed by atoms with Gasteiger partial charge in [-0.2, -0.15) is 0 Å². The van der Waals surface area contributed by atoms with Gasteiger partial charge in [-0.1, -0.05) is 13.8 Å². The van der Waals surface area contributed by atoms with E-state index in [0.717, 1.165) is 11.4 Å². The third-order valence-electron chi connectivity index (χ3n) is 4.78. The first-order chi connectivity index (χ1) is 13.0. The van der Waals surface area contributed by atoms with Gasteiger partial charge in [0.15, 0.2) is 0 Å². The van der Waals surface area contributed by atoms with Crippen molar-refractivity contribution >= 4 is 23.4 Å². The summed E-state index contributed by atoms with van der Waals surface area (Å²) in [5.74, 6) is 0.349. The molecule has 1 aliphatic rings. The molecule has 1 saturated heterocycles. The summed E-state index contributed by atoms with van der Waals surface area (Å²) in [6.45, 7) is 9.64. The molecule has 1 aliphatic heterocycles. The van der Waals surface area contributed by atoms with E-state index in [1.54, 1.807) is 16.9 Å². The van der Waals surface area contributed by atoms with Crippen LogP contribution in [0.25, 0.3) is 0 Å². The van der Waals surface area contributed by atoms with Crippen molar-refractivity contribution in [3.8, 4) is 5.75 Å². The lowest BCUT2D eigenvalue weighted by atomic mass is 9.95. The van der Waals surface area contributed by atoms with Gasteiger partial charge < -0.3 is 19.9 Å². The molecule has 1 aromatic carbocycles. The molecule has 3 amide bonds. The number of hydrogen-bond acceptors (Lipinski definition) is 4. The first-order valence-corrected chi connectivity index (χ1v) is 9.58. The highest BCUT2D eigenvalue weighted by Gasteiger charge is 2.42. The van der Waals surface area contributed by atoms with Crippen molar-refractivity contribution in [1.29, 1.82) is 0 Å². The molecule has 1 aromatic rings. The number of hydrogen-bond donors (Lipinski definition) is 1. The second-order valence-electron chi connectivity index (χ2n) is 8.32. The van der Waals surface area contributed by atoms with Gasteiger partial charge in [-0.25, -0.2) is 0 Å². The van der Waals surface area contributed by atoms with E-state index in [9.17, 15) is 14.4 Å². The molecule has 154 valence electrons. The van der Waals surface area contributed by atoms with Crippen molar-refractivity contribution in [3.05, 3.63) is 24.3 Å². The Hall–Kier alpha value is -2.57. The van der Waals surface area contributed by atoms with Crippen LogP contribution in [0.15, 0.2) is 24.3 Å². The third-order valence-corrected chi connectivity index (χ3v) is 4.78. The van der Waals surface area contributed by atoms with Crippen LogP contribution in [0.4, 0.5) is 5.69 Å². The number of nitrogens with zero attached hydrogens (tertiary/aromatic N) is 2. The highest BCUT2D eigenvalue weighted by atomic mass is 16.5. The zero-order valence-corrected chi connectivity index (χ0v) is 17.6. The van der Waals surface area contributed by atoms with Gasteiger partial charge in [0.1, 0.15) is 18.3 Å². The Morgan fingerprint density at radius 3 is 2.29 bits per heavy atom. The Kier molecular flexibility index (Phi) is 6.69. The predicted octanol–water partition coefficient (Wildman–Crippen LogP) is 2.20. The lowest BCUT2D eigenvalue weighted by Gasteiger charge is -2.47. The molecular formula is C21H31N3O4. The highest BCUT2D eigenvalue weighted by molar-refractivity contribution is 6.00. The molecule has 0 aliphatic carbocycles. The van der Waals surface area contributed by atoms with Crippen LogP contribution in [0.1, 0.15) is 41.0 Å². The smallest absolute Gasteiger partial charge is 0.247 e. The fraction of sp³-hybridized carbons (Fsp3) is 0.571. The number of methoxy groups -OCH3 is 1. The molecule has 1 heterocycles. The number of piperazine rings is 1. The van der Waals surface area contributed by atoms with Crippen molar-refractivity contribution in [3.63, 3.8) is 0 Å². The Bertz CT molecular complexity index is 728. The van der Waals surface area contributed by atoms with Gasteiger partial charge in [-0.3, -0.25) is 14.4 Å². The van der Waals surface area contributed by atoms with Crippen LogP contribution in [-0.4, -0.2) is 54.4 Å². The number of ether oxygens (including phenoxy) is 1. The normalized spacial score (nSPS) is 17.5. The lowest BCUT2D eigenvalue weighted by molar-refractivity contribution is -0.142. The monoisotopic (exact) mass is 389 g/mol. The second-order valence-corrected chi connectivity index (χ2v) is 8.32. The number of benzene rings is 1. The summed E-state index contributed by atoms with van der Waals surface area (Å²) in [5.41, 5.74) is 0.182. The lowest BCUT2D eigenvalue weighted by Crippen LogP contribution is -2.65. The van der Waals surface area contributed by atoms with Crippen LogP contribution in [0.2, 0.25) is 0 Å². The van der Waals surface area contributed by atoms with E-state index >= 15 is 0 Å². The average molecular weight is 389 g/mol. The molecule has 1 atom stereocenters. The summed E-state index contributed by atoms with van der Waals surface area (Å²) >= 11 is 0. The van der Waals surface area contributed by atoms with Gasteiger partial charge in [0.05, 0.1) is 12.6 Å². The first-order valence-electron chi connectivity index (χ1n) is 9.58. The van der Waals surface area contributed by atoms with Gasteiger partial charge >= 0.3 is 0 Å². The molecule has 0 aromatic heterocycles. The Morgan fingerprint density at radius 2 is 1.82 bits per heavy atom. The summed E-state index contributed by atoms with van der Waals surface area (Å²) in [4.78, 5) is 40.8. The summed E-state index contributed by atoms with van der Waals surface area (Å²) in [5, 5.41) is 2.74. The minimum absolute atomic E-state index is 0.0114. The van der Waals surface area contributed by atoms with Crippen LogP contribution in [-0.2, 0) is 14.4 Å². The third kappa shape index (κ3) is 5.03. The largest absolute Gasteiger partial charge is 0.497 e. The summed E-state index contributed by atoms with van der Waals surface area (Å²) in [6, 6.07) is 6.69. The molecule has 0 bridgehead atoms. The van der Waals surface area contributed by atoms with Crippen molar-refractivity contribution < 1.29 is 19.1 Å². The minimum Gasteiger partial charge on any atom is -0.497 e. The number of carbonyl (C=O) groups is 3. The van der Waals surface area contributed by atoms with Crippen molar-refractivity contribution in [2.45, 2.75) is 52.6 Å². The molecule has 7 nitrogen and oxygen atoms in total. The number of nitrogens with one attached hydrogen (secondary N) is 1. The molecule has 0 saturated carbocycles. The number of amides is 3. The van der Waals surface area contributed by atoms with Gasteiger partial charge in [0.25, 0.3) is 0 Å². The molecule has 28 heavy (non-hydrogen) atoms. The maximum atomic E-state index is 13.1. The van der Waals surface area contributed by atoms with Crippen molar-refractivity contribution in [2.24, 2.45) is 5.92 Å². The van der Waals surface area contributed by atoms with Gasteiger partial charge in [0, 0.05) is 19.2 Å². The van der Waals surface area contributed by atoms with E-state index in [1.807, 2.05) is 52.0 Å². The van der Waals surface area contributed by atoms with E-state index < -0.39 is 11.6 Å². The highest BCUT2D eigenvalue weighted by Crippen LogP contribution is 2.30. The quantitative estimate of drug-likeness (QED) is 0.809. The summed E-state index contributed by atoms with van der Waals surface area (Å²) in [6.07, 6.45) is 0.533. The van der Waals surface area contributed by atoms with Crippen LogP contribution in [0.3, 0.4) is 0 Å². The fourth-order valence-electron chi connectivity index (χ4n) is 3.70. The van der Waals surface area contributed by atoms with E-state index in [0.29, 0.717) is 13.0 Å². The van der Waals surface area contributed by atoms with Crippen molar-refractivity contribution in [2.75, 3.05) is 25.1 Å². The van der Waals surface area contributed by atoms with Crippen LogP contribution >= 0.6 is 0 Å².